The van der Waals surface area contributed by atoms with Gasteiger partial charge in [0.2, 0.25) is 5.91 Å². The fraction of sp³-hybridized carbons (Fsp3) is 0.161. The van der Waals surface area contributed by atoms with E-state index in [1.165, 1.54) is 17.4 Å². The van der Waals surface area contributed by atoms with Crippen LogP contribution in [-0.2, 0) is 16.1 Å². The summed E-state index contributed by atoms with van der Waals surface area (Å²) in [6.45, 7) is 2.42. The Kier molecular flexibility index (Phi) is 9.37. The molecule has 1 aromatic heterocycles. The smallest absolute Gasteiger partial charge is 0.341 e. The molecule has 0 spiro atoms. The molecule has 39 heavy (non-hydrogen) atoms. The lowest BCUT2D eigenvalue weighted by molar-refractivity contribution is -0.111. The molecule has 1 N–H and O–H groups in total. The molecular weight excluding hydrogens is 514 g/mol. The molecule has 0 bridgehead atoms. The molecule has 0 radical (unpaired) electrons. The molecule has 0 saturated carbocycles. The average molecular weight is 544 g/mol. The van der Waals surface area contributed by atoms with E-state index in [-0.39, 0.29) is 18.1 Å². The van der Waals surface area contributed by atoms with Crippen LogP contribution in [0.2, 0.25) is 0 Å². The van der Waals surface area contributed by atoms with E-state index in [0.717, 1.165) is 22.4 Å². The molecule has 0 aliphatic heterocycles. The van der Waals surface area contributed by atoms with Crippen LogP contribution in [0.25, 0.3) is 17.2 Å². The number of benzene rings is 3. The summed E-state index contributed by atoms with van der Waals surface area (Å²) in [6, 6.07) is 22.7. The second-order valence-corrected chi connectivity index (χ2v) is 9.19. The first kappa shape index (κ1) is 27.5. The number of thiophene rings is 1. The van der Waals surface area contributed by atoms with Crippen LogP contribution in [0.1, 0.15) is 28.4 Å². The molecular formula is C31H29NO6S. The molecule has 1 amide bonds. The second kappa shape index (κ2) is 13.3. The number of rotatable bonds is 11. The van der Waals surface area contributed by atoms with Crippen molar-refractivity contribution in [2.45, 2.75) is 13.5 Å². The monoisotopic (exact) mass is 543 g/mol. The molecule has 200 valence electrons. The average Bonchev–Trinajstić information content (AvgIpc) is 3.39. The molecule has 8 heteroatoms. The summed E-state index contributed by atoms with van der Waals surface area (Å²) in [5.74, 6) is 0.949. The number of nitrogens with one attached hydrogen (secondary N) is 1. The largest absolute Gasteiger partial charge is 0.493 e. The van der Waals surface area contributed by atoms with E-state index < -0.39 is 5.97 Å². The quantitative estimate of drug-likeness (QED) is 0.165. The third-order valence-electron chi connectivity index (χ3n) is 5.76. The van der Waals surface area contributed by atoms with Gasteiger partial charge in [0.05, 0.1) is 20.8 Å². The van der Waals surface area contributed by atoms with Crippen molar-refractivity contribution in [2.75, 3.05) is 26.1 Å². The molecule has 0 aliphatic rings. The molecule has 1 heterocycles. The normalized spacial score (nSPS) is 10.7. The van der Waals surface area contributed by atoms with Gasteiger partial charge in [0.1, 0.15) is 22.9 Å². The number of anilines is 1. The fourth-order valence-electron chi connectivity index (χ4n) is 3.81. The van der Waals surface area contributed by atoms with Gasteiger partial charge in [-0.2, -0.15) is 0 Å². The third kappa shape index (κ3) is 7.06. The van der Waals surface area contributed by atoms with E-state index in [0.29, 0.717) is 28.7 Å². The van der Waals surface area contributed by atoms with Crippen molar-refractivity contribution >= 4 is 34.3 Å². The molecule has 7 nitrogen and oxygen atoms in total. The Hall–Kier alpha value is -4.56. The van der Waals surface area contributed by atoms with Gasteiger partial charge >= 0.3 is 5.97 Å². The summed E-state index contributed by atoms with van der Waals surface area (Å²) in [4.78, 5) is 25.7. The summed E-state index contributed by atoms with van der Waals surface area (Å²) < 4.78 is 21.8. The van der Waals surface area contributed by atoms with Crippen molar-refractivity contribution in [1.29, 1.82) is 0 Å². The Labute approximate surface area is 231 Å². The van der Waals surface area contributed by atoms with E-state index in [2.05, 4.69) is 5.32 Å². The number of ether oxygens (including phenoxy) is 4. The standard InChI is InChI=1S/C31H29NO6S/c1-4-37-31(34)29-25(23-13-16-26(35-2)27(18-23)36-3)20-39-30(29)32-28(33)17-12-21-10-14-24(15-11-21)38-19-22-8-6-5-7-9-22/h5-18,20H,4,19H2,1-3H3,(H,32,33)/b17-12+. The minimum Gasteiger partial charge on any atom is -0.493 e. The Morgan fingerprint density at radius 1 is 0.923 bits per heavy atom. The van der Waals surface area contributed by atoms with Crippen LogP contribution < -0.4 is 19.5 Å². The van der Waals surface area contributed by atoms with Gasteiger partial charge in [-0.15, -0.1) is 11.3 Å². The number of carbonyl (C=O) groups is 2. The topological polar surface area (TPSA) is 83.1 Å². The van der Waals surface area contributed by atoms with Gasteiger partial charge < -0.3 is 24.3 Å². The van der Waals surface area contributed by atoms with Crippen molar-refractivity contribution in [1.82, 2.24) is 0 Å². The van der Waals surface area contributed by atoms with E-state index in [1.54, 1.807) is 44.7 Å². The highest BCUT2D eigenvalue weighted by molar-refractivity contribution is 7.15. The Morgan fingerprint density at radius 2 is 1.67 bits per heavy atom. The molecule has 4 aromatic rings. The number of hydrogen-bond acceptors (Lipinski definition) is 7. The predicted molar refractivity (Wildman–Crippen MR) is 154 cm³/mol. The van der Waals surface area contributed by atoms with Gasteiger partial charge in [-0.3, -0.25) is 4.79 Å². The highest BCUT2D eigenvalue weighted by Crippen LogP contribution is 2.39. The molecule has 0 aliphatic carbocycles. The highest BCUT2D eigenvalue weighted by Gasteiger charge is 2.23. The SMILES string of the molecule is CCOC(=O)c1c(-c2ccc(OC)c(OC)c2)csc1NC(=O)/C=C/c1ccc(OCc2ccccc2)cc1. The van der Waals surface area contributed by atoms with Crippen LogP contribution in [0.5, 0.6) is 17.2 Å². The fourth-order valence-corrected chi connectivity index (χ4v) is 4.77. The number of amides is 1. The van der Waals surface area contributed by atoms with E-state index in [4.69, 9.17) is 18.9 Å². The van der Waals surface area contributed by atoms with Gasteiger partial charge in [0, 0.05) is 17.0 Å². The van der Waals surface area contributed by atoms with Crippen molar-refractivity contribution in [3.63, 3.8) is 0 Å². The first-order chi connectivity index (χ1) is 19.0. The summed E-state index contributed by atoms with van der Waals surface area (Å²) in [7, 11) is 3.10. The van der Waals surface area contributed by atoms with Crippen molar-refractivity contribution < 1.29 is 28.5 Å². The zero-order valence-electron chi connectivity index (χ0n) is 21.9. The number of methoxy groups -OCH3 is 2. The maximum Gasteiger partial charge on any atom is 0.341 e. The van der Waals surface area contributed by atoms with Gasteiger partial charge in [0.25, 0.3) is 0 Å². The number of hydrogen-bond donors (Lipinski definition) is 1. The Bertz CT molecular complexity index is 1440. The lowest BCUT2D eigenvalue weighted by Crippen LogP contribution is -2.12. The van der Waals surface area contributed by atoms with Crippen molar-refractivity contribution in [3.8, 4) is 28.4 Å². The van der Waals surface area contributed by atoms with Crippen LogP contribution in [0.4, 0.5) is 5.00 Å². The van der Waals surface area contributed by atoms with Gasteiger partial charge in [0.15, 0.2) is 11.5 Å². The molecule has 4 rings (SSSR count). The van der Waals surface area contributed by atoms with Gasteiger partial charge in [-0.25, -0.2) is 4.79 Å². The Morgan fingerprint density at radius 3 is 2.36 bits per heavy atom. The zero-order valence-corrected chi connectivity index (χ0v) is 22.7. The highest BCUT2D eigenvalue weighted by atomic mass is 32.1. The maximum atomic E-state index is 12.9. The molecule has 0 atom stereocenters. The van der Waals surface area contributed by atoms with Crippen LogP contribution in [0.3, 0.4) is 0 Å². The van der Waals surface area contributed by atoms with Crippen LogP contribution in [0.15, 0.2) is 84.3 Å². The number of esters is 1. The van der Waals surface area contributed by atoms with Crippen LogP contribution >= 0.6 is 11.3 Å². The molecule has 3 aromatic carbocycles. The first-order valence-electron chi connectivity index (χ1n) is 12.3. The zero-order chi connectivity index (χ0) is 27.6. The first-order valence-corrected chi connectivity index (χ1v) is 13.2. The lowest BCUT2D eigenvalue weighted by atomic mass is 10.0. The molecule has 0 unspecified atom stereocenters. The second-order valence-electron chi connectivity index (χ2n) is 8.31. The van der Waals surface area contributed by atoms with Gasteiger partial charge in [-0.1, -0.05) is 48.5 Å². The lowest BCUT2D eigenvalue weighted by Gasteiger charge is -2.11. The summed E-state index contributed by atoms with van der Waals surface area (Å²) in [5, 5.41) is 5.03. The van der Waals surface area contributed by atoms with Crippen LogP contribution in [-0.4, -0.2) is 32.7 Å². The van der Waals surface area contributed by atoms with Crippen molar-refractivity contribution in [2.24, 2.45) is 0 Å². The molecule has 0 saturated heterocycles. The minimum absolute atomic E-state index is 0.207. The van der Waals surface area contributed by atoms with E-state index in [9.17, 15) is 9.59 Å². The maximum absolute atomic E-state index is 12.9. The van der Waals surface area contributed by atoms with E-state index >= 15 is 0 Å². The summed E-state index contributed by atoms with van der Waals surface area (Å²) in [6.07, 6.45) is 3.12. The minimum atomic E-state index is -0.520. The predicted octanol–water partition coefficient (Wildman–Crippen LogP) is 6.84. The Balaban J connectivity index is 1.47. The molecule has 0 fully saturated rings. The van der Waals surface area contributed by atoms with Crippen LogP contribution in [0, 0.1) is 0 Å². The summed E-state index contributed by atoms with van der Waals surface area (Å²) in [5.41, 5.74) is 3.57. The number of carbonyl (C=O) groups excluding carboxylic acids is 2. The summed E-state index contributed by atoms with van der Waals surface area (Å²) >= 11 is 1.25. The van der Waals surface area contributed by atoms with Gasteiger partial charge in [-0.05, 0) is 54.0 Å². The third-order valence-corrected chi connectivity index (χ3v) is 6.65. The van der Waals surface area contributed by atoms with Crippen molar-refractivity contribution in [3.05, 3.63) is 101 Å². The van der Waals surface area contributed by atoms with E-state index in [1.807, 2.05) is 60.7 Å².